The number of aryl methyl sites for hydroxylation is 2. The molecule has 1 fully saturated rings. The predicted octanol–water partition coefficient (Wildman–Crippen LogP) is 1.93. The molecule has 0 spiro atoms. The van der Waals surface area contributed by atoms with Crippen LogP contribution in [-0.4, -0.2) is 33.8 Å². The van der Waals surface area contributed by atoms with E-state index in [0.29, 0.717) is 6.04 Å². The molecule has 0 saturated carbocycles. The summed E-state index contributed by atoms with van der Waals surface area (Å²) >= 11 is 0. The van der Waals surface area contributed by atoms with Crippen LogP contribution in [0.1, 0.15) is 44.4 Å². The van der Waals surface area contributed by atoms with E-state index in [0.717, 1.165) is 25.4 Å². The van der Waals surface area contributed by atoms with E-state index in [2.05, 4.69) is 30.0 Å². The van der Waals surface area contributed by atoms with Crippen LogP contribution in [0.3, 0.4) is 0 Å². The molecule has 0 aliphatic carbocycles. The van der Waals surface area contributed by atoms with Crippen molar-refractivity contribution in [2.24, 2.45) is 18.7 Å². The van der Waals surface area contributed by atoms with Crippen molar-refractivity contribution < 1.29 is 0 Å². The van der Waals surface area contributed by atoms with Crippen LogP contribution in [0.2, 0.25) is 0 Å². The minimum absolute atomic E-state index is 0.545. The van der Waals surface area contributed by atoms with E-state index in [1.165, 1.54) is 37.1 Å². The van der Waals surface area contributed by atoms with E-state index in [1.54, 1.807) is 0 Å². The van der Waals surface area contributed by atoms with Crippen LogP contribution >= 0.6 is 0 Å². The lowest BCUT2D eigenvalue weighted by atomic mass is 9.88. The summed E-state index contributed by atoms with van der Waals surface area (Å²) in [5, 5.41) is 4.54. The summed E-state index contributed by atoms with van der Waals surface area (Å²) in [6, 6.07) is 0.545. The number of aromatic nitrogens is 2. The zero-order valence-electron chi connectivity index (χ0n) is 12.6. The first-order chi connectivity index (χ1) is 9.17. The number of likely N-dealkylation sites (tertiary alicyclic amines) is 1. The molecule has 108 valence electrons. The topological polar surface area (TPSA) is 47.1 Å². The van der Waals surface area contributed by atoms with Gasteiger partial charge in [-0.25, -0.2) is 0 Å². The third-order valence-corrected chi connectivity index (χ3v) is 4.50. The molecule has 19 heavy (non-hydrogen) atoms. The van der Waals surface area contributed by atoms with E-state index in [4.69, 9.17) is 5.73 Å². The number of nitrogens with two attached hydrogens (primary N) is 1. The van der Waals surface area contributed by atoms with Crippen LogP contribution < -0.4 is 5.73 Å². The highest BCUT2D eigenvalue weighted by Crippen LogP contribution is 2.26. The fraction of sp³-hybridized carbons (Fsp3) is 0.800. The third kappa shape index (κ3) is 3.37. The SMILES string of the molecule is CCc1nn(C)cc1CN1CCC(CC)CC1CN. The predicted molar refractivity (Wildman–Crippen MR) is 78.9 cm³/mol. The smallest absolute Gasteiger partial charge is 0.0666 e. The summed E-state index contributed by atoms with van der Waals surface area (Å²) in [6.07, 6.45) is 7.04. The molecule has 1 aromatic rings. The van der Waals surface area contributed by atoms with Gasteiger partial charge in [-0.05, 0) is 31.7 Å². The Morgan fingerprint density at radius 1 is 1.42 bits per heavy atom. The molecule has 2 unspecified atom stereocenters. The highest BCUT2D eigenvalue weighted by molar-refractivity contribution is 5.17. The monoisotopic (exact) mass is 264 g/mol. The van der Waals surface area contributed by atoms with Gasteiger partial charge < -0.3 is 5.73 Å². The van der Waals surface area contributed by atoms with Crippen molar-refractivity contribution in [3.63, 3.8) is 0 Å². The molecule has 0 radical (unpaired) electrons. The lowest BCUT2D eigenvalue weighted by Crippen LogP contribution is -2.46. The number of rotatable bonds is 5. The molecule has 4 nitrogen and oxygen atoms in total. The molecular weight excluding hydrogens is 236 g/mol. The molecule has 1 aliphatic heterocycles. The molecule has 4 heteroatoms. The fourth-order valence-electron chi connectivity index (χ4n) is 3.24. The molecule has 2 atom stereocenters. The van der Waals surface area contributed by atoms with E-state index in [9.17, 15) is 0 Å². The molecule has 1 aromatic heterocycles. The van der Waals surface area contributed by atoms with Crippen LogP contribution in [0.5, 0.6) is 0 Å². The fourth-order valence-corrected chi connectivity index (χ4v) is 3.24. The van der Waals surface area contributed by atoms with E-state index in [-0.39, 0.29) is 0 Å². The maximum atomic E-state index is 5.98. The van der Waals surface area contributed by atoms with Gasteiger partial charge in [-0.2, -0.15) is 5.10 Å². The van der Waals surface area contributed by atoms with Gasteiger partial charge in [0.2, 0.25) is 0 Å². The average Bonchev–Trinajstić information content (AvgIpc) is 2.79. The molecule has 2 heterocycles. The third-order valence-electron chi connectivity index (χ3n) is 4.50. The van der Waals surface area contributed by atoms with Crippen molar-refractivity contribution in [3.05, 3.63) is 17.5 Å². The van der Waals surface area contributed by atoms with Crippen molar-refractivity contribution in [2.45, 2.75) is 52.1 Å². The maximum Gasteiger partial charge on any atom is 0.0666 e. The molecule has 1 saturated heterocycles. The summed E-state index contributed by atoms with van der Waals surface area (Å²) in [7, 11) is 2.01. The van der Waals surface area contributed by atoms with Crippen LogP contribution in [0.15, 0.2) is 6.20 Å². The lowest BCUT2D eigenvalue weighted by Gasteiger charge is -2.38. The van der Waals surface area contributed by atoms with Gasteiger partial charge in [0.1, 0.15) is 0 Å². The second-order valence-corrected chi connectivity index (χ2v) is 5.79. The summed E-state index contributed by atoms with van der Waals surface area (Å²) in [5.74, 6) is 0.865. The van der Waals surface area contributed by atoms with Crippen molar-refractivity contribution >= 4 is 0 Å². The molecule has 0 aromatic carbocycles. The molecule has 2 N–H and O–H groups in total. The lowest BCUT2D eigenvalue weighted by molar-refractivity contribution is 0.107. The Balaban J connectivity index is 2.05. The quantitative estimate of drug-likeness (QED) is 0.884. The Morgan fingerprint density at radius 2 is 2.21 bits per heavy atom. The van der Waals surface area contributed by atoms with Crippen LogP contribution in [0.4, 0.5) is 0 Å². The van der Waals surface area contributed by atoms with E-state index < -0.39 is 0 Å². The molecule has 1 aliphatic rings. The van der Waals surface area contributed by atoms with Gasteiger partial charge in [0.05, 0.1) is 5.69 Å². The standard InChI is InChI=1S/C15H28N4/c1-4-12-6-7-19(14(8-12)9-16)11-13-10-18(3)17-15(13)5-2/h10,12,14H,4-9,11,16H2,1-3H3. The van der Waals surface area contributed by atoms with Gasteiger partial charge in [-0.15, -0.1) is 0 Å². The van der Waals surface area contributed by atoms with Gasteiger partial charge in [-0.3, -0.25) is 9.58 Å². The second-order valence-electron chi connectivity index (χ2n) is 5.79. The Hall–Kier alpha value is -0.870. The zero-order chi connectivity index (χ0) is 13.8. The highest BCUT2D eigenvalue weighted by atomic mass is 15.3. The van der Waals surface area contributed by atoms with Gasteiger partial charge >= 0.3 is 0 Å². The minimum atomic E-state index is 0.545. The Morgan fingerprint density at radius 3 is 2.84 bits per heavy atom. The molecular formula is C15H28N4. The summed E-state index contributed by atoms with van der Waals surface area (Å²) in [6.45, 7) is 7.44. The molecule has 0 bridgehead atoms. The first kappa shape index (κ1) is 14.5. The van der Waals surface area contributed by atoms with Gasteiger partial charge in [0.15, 0.2) is 0 Å². The Kier molecular flexibility index (Phi) is 4.99. The van der Waals surface area contributed by atoms with Gasteiger partial charge in [0, 0.05) is 37.9 Å². The number of nitrogens with zero attached hydrogens (tertiary/aromatic N) is 3. The molecule has 0 amide bonds. The van der Waals surface area contributed by atoms with Crippen molar-refractivity contribution in [2.75, 3.05) is 13.1 Å². The Bertz CT molecular complexity index is 399. The number of piperidine rings is 1. The minimum Gasteiger partial charge on any atom is -0.329 e. The number of hydrogen-bond acceptors (Lipinski definition) is 3. The zero-order valence-corrected chi connectivity index (χ0v) is 12.6. The van der Waals surface area contributed by atoms with E-state index in [1.807, 2.05) is 11.7 Å². The second kappa shape index (κ2) is 6.53. The first-order valence-corrected chi connectivity index (χ1v) is 7.63. The average molecular weight is 264 g/mol. The highest BCUT2D eigenvalue weighted by Gasteiger charge is 2.27. The number of hydrogen-bond donors (Lipinski definition) is 1. The molecule has 2 rings (SSSR count). The van der Waals surface area contributed by atoms with Gasteiger partial charge in [-0.1, -0.05) is 20.3 Å². The maximum absolute atomic E-state index is 5.98. The summed E-state index contributed by atoms with van der Waals surface area (Å²) in [5.41, 5.74) is 8.58. The Labute approximate surface area is 117 Å². The van der Waals surface area contributed by atoms with Crippen molar-refractivity contribution in [3.8, 4) is 0 Å². The van der Waals surface area contributed by atoms with Crippen molar-refractivity contribution in [1.82, 2.24) is 14.7 Å². The van der Waals surface area contributed by atoms with E-state index >= 15 is 0 Å². The summed E-state index contributed by atoms with van der Waals surface area (Å²) < 4.78 is 1.93. The summed E-state index contributed by atoms with van der Waals surface area (Å²) in [4.78, 5) is 2.56. The first-order valence-electron chi connectivity index (χ1n) is 7.63. The largest absolute Gasteiger partial charge is 0.329 e. The van der Waals surface area contributed by atoms with Gasteiger partial charge in [0.25, 0.3) is 0 Å². The normalized spacial score (nSPS) is 24.8. The van der Waals surface area contributed by atoms with Crippen LogP contribution in [0.25, 0.3) is 0 Å². The van der Waals surface area contributed by atoms with Crippen LogP contribution in [0, 0.1) is 5.92 Å². The van der Waals surface area contributed by atoms with Crippen molar-refractivity contribution in [1.29, 1.82) is 0 Å². The van der Waals surface area contributed by atoms with Crippen LogP contribution in [-0.2, 0) is 20.0 Å².